The number of benzene rings is 2. The van der Waals surface area contributed by atoms with Crippen molar-refractivity contribution in [3.8, 4) is 5.75 Å². The predicted octanol–water partition coefficient (Wildman–Crippen LogP) is 2.14. The molecule has 9 nitrogen and oxygen atoms in total. The first-order valence-corrected chi connectivity index (χ1v) is 10.4. The van der Waals surface area contributed by atoms with Crippen LogP contribution in [0.25, 0.3) is 0 Å². The van der Waals surface area contributed by atoms with Crippen molar-refractivity contribution in [3.63, 3.8) is 0 Å². The number of amides is 3. The number of nitrogens with one attached hydrogen (secondary N) is 3. The molecule has 2 aromatic carbocycles. The molecule has 0 aliphatic rings. The zero-order chi connectivity index (χ0) is 24.4. The first-order valence-electron chi connectivity index (χ1n) is 10.0. The Labute approximate surface area is 196 Å². The standard InChI is InChI=1S/C23H26ClN3O6/c1-23(2,3)16-6-4-15(5-7-16)22(31)25-12-21(30)33-14-20(29)27-26-19(28)13-32-18-10-8-17(24)9-11-18/h4-11H,12-14H2,1-3H3,(H,25,31)(H,26,28)(H,27,29). The van der Waals surface area contributed by atoms with Crippen LogP contribution in [0, 0.1) is 0 Å². The molecular weight excluding hydrogens is 450 g/mol. The zero-order valence-corrected chi connectivity index (χ0v) is 19.3. The topological polar surface area (TPSA) is 123 Å². The van der Waals surface area contributed by atoms with E-state index in [0.29, 0.717) is 16.3 Å². The fraction of sp³-hybridized carbons (Fsp3) is 0.304. The number of esters is 1. The Bertz CT molecular complexity index is 985. The predicted molar refractivity (Wildman–Crippen MR) is 122 cm³/mol. The molecule has 33 heavy (non-hydrogen) atoms. The van der Waals surface area contributed by atoms with Crippen LogP contribution in [0.3, 0.4) is 0 Å². The molecular formula is C23H26ClN3O6. The van der Waals surface area contributed by atoms with Gasteiger partial charge in [0.2, 0.25) is 0 Å². The zero-order valence-electron chi connectivity index (χ0n) is 18.6. The van der Waals surface area contributed by atoms with Gasteiger partial charge in [0.15, 0.2) is 13.2 Å². The van der Waals surface area contributed by atoms with Gasteiger partial charge in [0, 0.05) is 10.6 Å². The third-order valence-electron chi connectivity index (χ3n) is 4.30. The number of carbonyl (C=O) groups is 4. The first kappa shape index (κ1) is 25.7. The average molecular weight is 476 g/mol. The lowest BCUT2D eigenvalue weighted by Gasteiger charge is -2.19. The highest BCUT2D eigenvalue weighted by Crippen LogP contribution is 2.22. The Hall–Kier alpha value is -3.59. The third kappa shape index (κ3) is 9.20. The van der Waals surface area contributed by atoms with E-state index in [1.54, 1.807) is 36.4 Å². The summed E-state index contributed by atoms with van der Waals surface area (Å²) in [7, 11) is 0. The monoisotopic (exact) mass is 475 g/mol. The van der Waals surface area contributed by atoms with Crippen LogP contribution in [0.4, 0.5) is 0 Å². The molecule has 0 fully saturated rings. The van der Waals surface area contributed by atoms with Crippen LogP contribution in [-0.4, -0.2) is 43.4 Å². The Morgan fingerprint density at radius 1 is 0.848 bits per heavy atom. The number of hydrazine groups is 1. The molecule has 176 valence electrons. The summed E-state index contributed by atoms with van der Waals surface area (Å²) in [5, 5.41) is 2.96. The van der Waals surface area contributed by atoms with Gasteiger partial charge in [-0.1, -0.05) is 44.5 Å². The molecule has 0 atom stereocenters. The van der Waals surface area contributed by atoms with Gasteiger partial charge in [-0.15, -0.1) is 0 Å². The Morgan fingerprint density at radius 2 is 1.42 bits per heavy atom. The summed E-state index contributed by atoms with van der Waals surface area (Å²) in [6, 6.07) is 13.5. The number of hydrogen-bond donors (Lipinski definition) is 3. The van der Waals surface area contributed by atoms with Gasteiger partial charge in [-0.3, -0.25) is 30.0 Å². The summed E-state index contributed by atoms with van der Waals surface area (Å²) in [5.41, 5.74) is 5.65. The minimum atomic E-state index is -0.804. The molecule has 2 rings (SSSR count). The van der Waals surface area contributed by atoms with E-state index in [4.69, 9.17) is 21.1 Å². The SMILES string of the molecule is CC(C)(C)c1ccc(C(=O)NCC(=O)OCC(=O)NNC(=O)COc2ccc(Cl)cc2)cc1. The number of carbonyl (C=O) groups excluding carboxylic acids is 4. The molecule has 0 radical (unpaired) electrons. The largest absolute Gasteiger partial charge is 0.484 e. The molecule has 0 aliphatic heterocycles. The van der Waals surface area contributed by atoms with Crippen molar-refractivity contribution in [1.82, 2.24) is 16.2 Å². The number of halogens is 1. The summed E-state index contributed by atoms with van der Waals surface area (Å²) in [4.78, 5) is 47.3. The molecule has 2 aromatic rings. The Kier molecular flexibility index (Phi) is 9.23. The number of hydrogen-bond acceptors (Lipinski definition) is 6. The molecule has 0 spiro atoms. The highest BCUT2D eigenvalue weighted by atomic mass is 35.5. The molecule has 0 heterocycles. The molecule has 10 heteroatoms. The lowest BCUT2D eigenvalue weighted by atomic mass is 9.87. The van der Waals surface area contributed by atoms with E-state index < -0.39 is 36.8 Å². The van der Waals surface area contributed by atoms with E-state index in [9.17, 15) is 19.2 Å². The average Bonchev–Trinajstić information content (AvgIpc) is 2.79. The van der Waals surface area contributed by atoms with Gasteiger partial charge in [-0.2, -0.15) is 0 Å². The molecule has 3 N–H and O–H groups in total. The normalized spacial score (nSPS) is 10.7. The second-order valence-corrected chi connectivity index (χ2v) is 8.45. The van der Waals surface area contributed by atoms with E-state index in [0.717, 1.165) is 5.56 Å². The van der Waals surface area contributed by atoms with Gasteiger partial charge < -0.3 is 14.8 Å². The fourth-order valence-corrected chi connectivity index (χ4v) is 2.59. The maximum absolute atomic E-state index is 12.1. The molecule has 0 aliphatic carbocycles. The van der Waals surface area contributed by atoms with Crippen molar-refractivity contribution < 1.29 is 28.7 Å². The van der Waals surface area contributed by atoms with Crippen LogP contribution in [0.5, 0.6) is 5.75 Å². The van der Waals surface area contributed by atoms with Crippen LogP contribution in [0.1, 0.15) is 36.7 Å². The summed E-state index contributed by atoms with van der Waals surface area (Å²) in [5.74, 6) is -2.18. The maximum Gasteiger partial charge on any atom is 0.325 e. The Balaban J connectivity index is 1.63. The van der Waals surface area contributed by atoms with Crippen molar-refractivity contribution in [2.45, 2.75) is 26.2 Å². The highest BCUT2D eigenvalue weighted by molar-refractivity contribution is 6.30. The second-order valence-electron chi connectivity index (χ2n) is 8.01. The van der Waals surface area contributed by atoms with Crippen molar-refractivity contribution in [2.75, 3.05) is 19.8 Å². The van der Waals surface area contributed by atoms with E-state index in [1.165, 1.54) is 0 Å². The van der Waals surface area contributed by atoms with Gasteiger partial charge in [0.1, 0.15) is 12.3 Å². The van der Waals surface area contributed by atoms with Crippen molar-refractivity contribution >= 4 is 35.3 Å². The first-order chi connectivity index (χ1) is 15.5. The molecule has 0 aromatic heterocycles. The van der Waals surface area contributed by atoms with Gasteiger partial charge >= 0.3 is 5.97 Å². The van der Waals surface area contributed by atoms with Crippen molar-refractivity contribution in [3.05, 3.63) is 64.7 Å². The van der Waals surface area contributed by atoms with Crippen LogP contribution >= 0.6 is 11.6 Å². The summed E-state index contributed by atoms with van der Waals surface area (Å²) in [6.45, 7) is 4.81. The third-order valence-corrected chi connectivity index (χ3v) is 4.55. The molecule has 0 saturated heterocycles. The second kappa shape index (κ2) is 11.9. The van der Waals surface area contributed by atoms with Crippen LogP contribution in [0.2, 0.25) is 5.02 Å². The fourth-order valence-electron chi connectivity index (χ4n) is 2.46. The van der Waals surface area contributed by atoms with Gasteiger partial charge in [-0.05, 0) is 47.4 Å². The summed E-state index contributed by atoms with van der Waals surface area (Å²) >= 11 is 5.75. The highest BCUT2D eigenvalue weighted by Gasteiger charge is 2.15. The van der Waals surface area contributed by atoms with Crippen LogP contribution in [-0.2, 0) is 24.5 Å². The van der Waals surface area contributed by atoms with Gasteiger partial charge in [-0.25, -0.2) is 0 Å². The van der Waals surface area contributed by atoms with Crippen LogP contribution < -0.4 is 20.9 Å². The van der Waals surface area contributed by atoms with Crippen molar-refractivity contribution in [2.24, 2.45) is 0 Å². The van der Waals surface area contributed by atoms with E-state index in [-0.39, 0.29) is 12.0 Å². The summed E-state index contributed by atoms with van der Waals surface area (Å²) in [6.07, 6.45) is 0. The van der Waals surface area contributed by atoms with E-state index in [1.807, 2.05) is 12.1 Å². The molecule has 0 saturated carbocycles. The van der Waals surface area contributed by atoms with E-state index >= 15 is 0 Å². The lowest BCUT2D eigenvalue weighted by Crippen LogP contribution is -2.45. The van der Waals surface area contributed by atoms with Crippen LogP contribution in [0.15, 0.2) is 48.5 Å². The van der Waals surface area contributed by atoms with Crippen molar-refractivity contribution in [1.29, 1.82) is 0 Å². The number of ether oxygens (including phenoxy) is 2. The minimum absolute atomic E-state index is 0.0391. The minimum Gasteiger partial charge on any atom is -0.484 e. The molecule has 0 unspecified atom stereocenters. The molecule has 3 amide bonds. The van der Waals surface area contributed by atoms with Gasteiger partial charge in [0.05, 0.1) is 0 Å². The number of rotatable bonds is 8. The summed E-state index contributed by atoms with van der Waals surface area (Å²) < 4.78 is 9.99. The smallest absolute Gasteiger partial charge is 0.325 e. The Morgan fingerprint density at radius 3 is 2.00 bits per heavy atom. The van der Waals surface area contributed by atoms with Gasteiger partial charge in [0.25, 0.3) is 17.7 Å². The van der Waals surface area contributed by atoms with E-state index in [2.05, 4.69) is 36.9 Å². The lowest BCUT2D eigenvalue weighted by molar-refractivity contribution is -0.148. The molecule has 0 bridgehead atoms. The quantitative estimate of drug-likeness (QED) is 0.397. The maximum atomic E-state index is 12.1.